The highest BCUT2D eigenvalue weighted by atomic mass is 16.2. The van der Waals surface area contributed by atoms with Crippen molar-refractivity contribution in [2.75, 3.05) is 0 Å². The number of hydrogen-bond donors (Lipinski definition) is 1. The number of carbonyl (C=O) groups excluding carboxylic acids is 2. The highest BCUT2D eigenvalue weighted by Crippen LogP contribution is 2.31. The van der Waals surface area contributed by atoms with Gasteiger partial charge in [-0.15, -0.1) is 0 Å². The Hall–Kier alpha value is -1.97. The lowest BCUT2D eigenvalue weighted by Crippen LogP contribution is -2.35. The zero-order chi connectivity index (χ0) is 13.3. The molecule has 0 aromatic carbocycles. The molecule has 0 saturated heterocycles. The van der Waals surface area contributed by atoms with Gasteiger partial charge in [0.25, 0.3) is 5.91 Å². The van der Waals surface area contributed by atoms with Gasteiger partial charge in [-0.1, -0.05) is 18.6 Å². The van der Waals surface area contributed by atoms with Crippen LogP contribution >= 0.6 is 0 Å². The minimum absolute atomic E-state index is 0.0463. The molecule has 0 aromatic rings. The van der Waals surface area contributed by atoms with E-state index < -0.39 is 0 Å². The number of allylic oxidation sites excluding steroid dienone is 3. The number of nitrogens with one attached hydrogen (secondary N) is 1. The van der Waals surface area contributed by atoms with Crippen molar-refractivity contribution in [2.24, 2.45) is 10.9 Å². The fourth-order valence-electron chi connectivity index (χ4n) is 2.35. The molecule has 0 fully saturated rings. The number of aliphatic imine (C=N–C) groups is 1. The van der Waals surface area contributed by atoms with Crippen LogP contribution in [0.4, 0.5) is 0 Å². The molecule has 0 aromatic heterocycles. The maximum Gasteiger partial charge on any atom is 0.251 e. The van der Waals surface area contributed by atoms with Crippen molar-refractivity contribution < 1.29 is 9.59 Å². The van der Waals surface area contributed by atoms with Gasteiger partial charge < -0.3 is 5.32 Å². The van der Waals surface area contributed by atoms with Gasteiger partial charge in [0.15, 0.2) is 0 Å². The Labute approximate surface area is 106 Å². The normalized spacial score (nSPS) is 24.8. The molecule has 18 heavy (non-hydrogen) atoms. The van der Waals surface area contributed by atoms with E-state index in [1.165, 1.54) is 6.92 Å². The van der Waals surface area contributed by atoms with Crippen molar-refractivity contribution in [2.45, 2.75) is 27.2 Å². The third-order valence-electron chi connectivity index (χ3n) is 3.21. The van der Waals surface area contributed by atoms with Crippen LogP contribution < -0.4 is 5.32 Å². The molecule has 1 aliphatic carbocycles. The monoisotopic (exact) mass is 244 g/mol. The number of nitrogens with zero attached hydrogens (tertiary/aromatic N) is 1. The Balaban J connectivity index is 2.40. The number of amides is 2. The van der Waals surface area contributed by atoms with Crippen molar-refractivity contribution in [3.05, 3.63) is 35.1 Å². The average Bonchev–Trinajstić information content (AvgIpc) is 2.28. The third kappa shape index (κ3) is 2.18. The average molecular weight is 244 g/mol. The van der Waals surface area contributed by atoms with Crippen molar-refractivity contribution in [3.63, 3.8) is 0 Å². The summed E-state index contributed by atoms with van der Waals surface area (Å²) in [6.07, 6.45) is 6.29. The van der Waals surface area contributed by atoms with Crippen molar-refractivity contribution in [1.82, 2.24) is 5.32 Å². The van der Waals surface area contributed by atoms with E-state index in [-0.39, 0.29) is 17.7 Å². The second-order valence-corrected chi connectivity index (χ2v) is 4.46. The lowest BCUT2D eigenvalue weighted by atomic mass is 9.84. The van der Waals surface area contributed by atoms with Crippen LogP contribution in [-0.2, 0) is 9.59 Å². The van der Waals surface area contributed by atoms with E-state index in [2.05, 4.69) is 10.3 Å². The SMILES string of the molecule is CCC1=C(C)C2C=CC(=NC(C)=O)C=C2NC1=O. The Bertz CT molecular complexity index is 536. The van der Waals surface area contributed by atoms with Crippen LogP contribution in [0.3, 0.4) is 0 Å². The molecule has 1 unspecified atom stereocenters. The predicted molar refractivity (Wildman–Crippen MR) is 70.0 cm³/mol. The molecular weight excluding hydrogens is 228 g/mol. The van der Waals surface area contributed by atoms with E-state index in [0.717, 1.165) is 23.3 Å². The fourth-order valence-corrected chi connectivity index (χ4v) is 2.35. The first kappa shape index (κ1) is 12.5. The van der Waals surface area contributed by atoms with Crippen molar-refractivity contribution in [1.29, 1.82) is 0 Å². The van der Waals surface area contributed by atoms with Gasteiger partial charge in [0.2, 0.25) is 5.91 Å². The molecule has 0 radical (unpaired) electrons. The quantitative estimate of drug-likeness (QED) is 0.765. The van der Waals surface area contributed by atoms with E-state index in [1.807, 2.05) is 26.0 Å². The van der Waals surface area contributed by atoms with Gasteiger partial charge in [-0.05, 0) is 25.5 Å². The Kier molecular flexibility index (Phi) is 3.28. The smallest absolute Gasteiger partial charge is 0.251 e. The van der Waals surface area contributed by atoms with Crippen LogP contribution in [0.1, 0.15) is 27.2 Å². The van der Waals surface area contributed by atoms with Gasteiger partial charge >= 0.3 is 0 Å². The molecule has 1 atom stereocenters. The van der Waals surface area contributed by atoms with Crippen molar-refractivity contribution in [3.8, 4) is 0 Å². The second-order valence-electron chi connectivity index (χ2n) is 4.46. The Morgan fingerprint density at radius 3 is 2.83 bits per heavy atom. The summed E-state index contributed by atoms with van der Waals surface area (Å²) in [5, 5.41) is 2.87. The molecule has 0 saturated carbocycles. The summed E-state index contributed by atoms with van der Waals surface area (Å²) in [4.78, 5) is 26.7. The third-order valence-corrected chi connectivity index (χ3v) is 3.21. The standard InChI is InChI=1S/C14H16N2O2/c1-4-11-8(2)12-6-5-10(15-9(3)17)7-13(12)16-14(11)18/h5-7,12H,4H2,1-3H3,(H,16,18). The lowest BCUT2D eigenvalue weighted by Gasteiger charge is -2.29. The summed E-state index contributed by atoms with van der Waals surface area (Å²) >= 11 is 0. The molecule has 4 heteroatoms. The topological polar surface area (TPSA) is 58.5 Å². The minimum Gasteiger partial charge on any atom is -0.325 e. The highest BCUT2D eigenvalue weighted by molar-refractivity contribution is 6.11. The Morgan fingerprint density at radius 1 is 1.50 bits per heavy atom. The van der Waals surface area contributed by atoms with Crippen LogP contribution in [-0.4, -0.2) is 17.5 Å². The van der Waals surface area contributed by atoms with Gasteiger partial charge in [-0.2, -0.15) is 0 Å². The number of carbonyl (C=O) groups is 2. The van der Waals surface area contributed by atoms with E-state index >= 15 is 0 Å². The van der Waals surface area contributed by atoms with Crippen LogP contribution in [0, 0.1) is 5.92 Å². The molecule has 0 bridgehead atoms. The van der Waals surface area contributed by atoms with E-state index in [1.54, 1.807) is 6.08 Å². The largest absolute Gasteiger partial charge is 0.325 e. The highest BCUT2D eigenvalue weighted by Gasteiger charge is 2.28. The fraction of sp³-hybridized carbons (Fsp3) is 0.357. The summed E-state index contributed by atoms with van der Waals surface area (Å²) in [6, 6.07) is 0. The summed E-state index contributed by atoms with van der Waals surface area (Å²) in [6.45, 7) is 5.36. The lowest BCUT2D eigenvalue weighted by molar-refractivity contribution is -0.117. The van der Waals surface area contributed by atoms with E-state index in [0.29, 0.717) is 5.71 Å². The first-order chi connectivity index (χ1) is 8.52. The predicted octanol–water partition coefficient (Wildman–Crippen LogP) is 1.90. The van der Waals surface area contributed by atoms with Crippen LogP contribution in [0.25, 0.3) is 0 Å². The molecule has 2 aliphatic rings. The van der Waals surface area contributed by atoms with E-state index in [4.69, 9.17) is 0 Å². The summed E-state index contributed by atoms with van der Waals surface area (Å²) < 4.78 is 0. The second kappa shape index (κ2) is 4.72. The summed E-state index contributed by atoms with van der Waals surface area (Å²) in [5.74, 6) is -0.188. The first-order valence-electron chi connectivity index (χ1n) is 6.03. The van der Waals surface area contributed by atoms with Gasteiger partial charge in [0, 0.05) is 24.1 Å². The molecule has 2 rings (SSSR count). The number of fused-ring (bicyclic) bond motifs is 1. The molecule has 2 amide bonds. The zero-order valence-electron chi connectivity index (χ0n) is 10.8. The maximum absolute atomic E-state index is 11.9. The summed E-state index contributed by atoms with van der Waals surface area (Å²) in [7, 11) is 0. The van der Waals surface area contributed by atoms with Crippen molar-refractivity contribution >= 4 is 17.5 Å². The molecule has 0 spiro atoms. The first-order valence-corrected chi connectivity index (χ1v) is 6.03. The molecule has 94 valence electrons. The van der Waals surface area contributed by atoms with E-state index in [9.17, 15) is 9.59 Å². The van der Waals surface area contributed by atoms with Crippen LogP contribution in [0.15, 0.2) is 40.1 Å². The zero-order valence-corrected chi connectivity index (χ0v) is 10.8. The summed E-state index contributed by atoms with van der Waals surface area (Å²) in [5.41, 5.74) is 3.30. The molecule has 1 aliphatic heterocycles. The molecule has 1 N–H and O–H groups in total. The molecular formula is C14H16N2O2. The maximum atomic E-state index is 11.9. The Morgan fingerprint density at radius 2 is 2.22 bits per heavy atom. The van der Waals surface area contributed by atoms with Gasteiger partial charge in [-0.3, -0.25) is 9.59 Å². The van der Waals surface area contributed by atoms with Gasteiger partial charge in [0.1, 0.15) is 0 Å². The van der Waals surface area contributed by atoms with Gasteiger partial charge in [-0.25, -0.2) is 4.99 Å². The number of hydrogen-bond acceptors (Lipinski definition) is 2. The van der Waals surface area contributed by atoms with Crippen LogP contribution in [0.2, 0.25) is 0 Å². The van der Waals surface area contributed by atoms with Gasteiger partial charge in [0.05, 0.1) is 5.71 Å². The van der Waals surface area contributed by atoms with Crippen LogP contribution in [0.5, 0.6) is 0 Å². The molecule has 4 nitrogen and oxygen atoms in total. The minimum atomic E-state index is -0.242. The number of rotatable bonds is 1. The molecule has 1 heterocycles.